The van der Waals surface area contributed by atoms with E-state index in [1.807, 2.05) is 51.1 Å². The van der Waals surface area contributed by atoms with Crippen molar-refractivity contribution >= 4 is 11.7 Å². The fourth-order valence-corrected chi connectivity index (χ4v) is 4.89. The van der Waals surface area contributed by atoms with E-state index in [0.717, 1.165) is 62.4 Å². The normalized spacial score (nSPS) is 16.1. The summed E-state index contributed by atoms with van der Waals surface area (Å²) in [6, 6.07) is 13.6. The molecule has 0 bridgehead atoms. The Bertz CT molecular complexity index is 1380. The van der Waals surface area contributed by atoms with Gasteiger partial charge in [0.2, 0.25) is 0 Å². The van der Waals surface area contributed by atoms with Crippen molar-refractivity contribution in [2.45, 2.75) is 45.2 Å². The summed E-state index contributed by atoms with van der Waals surface area (Å²) >= 11 is 0. The lowest BCUT2D eigenvalue weighted by atomic mass is 9.93. The highest BCUT2D eigenvalue weighted by Crippen LogP contribution is 2.32. The second-order valence-electron chi connectivity index (χ2n) is 10.9. The lowest BCUT2D eigenvalue weighted by molar-refractivity contribution is 0.0951. The van der Waals surface area contributed by atoms with E-state index in [2.05, 4.69) is 25.8 Å². The summed E-state index contributed by atoms with van der Waals surface area (Å²) in [7, 11) is 0. The summed E-state index contributed by atoms with van der Waals surface area (Å²) in [4.78, 5) is 33.0. The highest BCUT2D eigenvalue weighted by molar-refractivity contribution is 5.95. The molecule has 3 aromatic rings. The van der Waals surface area contributed by atoms with Crippen molar-refractivity contribution in [2.75, 3.05) is 44.6 Å². The number of ether oxygens (including phenoxy) is 1. The summed E-state index contributed by atoms with van der Waals surface area (Å²) in [6.07, 6.45) is 5.28. The number of para-hydroxylation sites is 1. The summed E-state index contributed by atoms with van der Waals surface area (Å²) in [5, 5.41) is 9.75. The van der Waals surface area contributed by atoms with E-state index in [1.54, 1.807) is 29.1 Å². The Morgan fingerprint density at radius 1 is 1.15 bits per heavy atom. The van der Waals surface area contributed by atoms with Gasteiger partial charge >= 0.3 is 0 Å². The zero-order valence-electron chi connectivity index (χ0n) is 23.0. The second kappa shape index (κ2) is 11.6. The molecule has 1 saturated carbocycles. The number of hydrogen-bond acceptors (Lipinski definition) is 7. The molecule has 2 aliphatic rings. The molecule has 9 heteroatoms. The van der Waals surface area contributed by atoms with Crippen LogP contribution in [0.3, 0.4) is 0 Å². The summed E-state index contributed by atoms with van der Waals surface area (Å²) in [6.45, 7) is 11.5. The molecule has 0 spiro atoms. The number of piperazine rings is 1. The first-order valence-corrected chi connectivity index (χ1v) is 13.7. The standard InChI is InChI=1S/C30H38N6O3/c1-21-8-9-22(28(37)33-23-10-11-23)20-25(21)36-17-14-32-27(29(36)38)34-30(2,3)24-6-4-5-7-26(24)39-19-18-35-15-12-31-13-16-35/h4-9,14,17,20,23,31H,10-13,15-16,18-19H2,1-3H3,(H,32,34)(H,33,37). The van der Waals surface area contributed by atoms with Crippen molar-refractivity contribution in [3.8, 4) is 11.4 Å². The van der Waals surface area contributed by atoms with Gasteiger partial charge in [0.05, 0.1) is 11.2 Å². The number of nitrogens with zero attached hydrogens (tertiary/aromatic N) is 3. The van der Waals surface area contributed by atoms with Crippen LogP contribution in [0.15, 0.2) is 59.7 Å². The molecule has 1 aliphatic heterocycles. The second-order valence-corrected chi connectivity index (χ2v) is 10.9. The predicted molar refractivity (Wildman–Crippen MR) is 153 cm³/mol. The van der Waals surface area contributed by atoms with E-state index in [9.17, 15) is 9.59 Å². The summed E-state index contributed by atoms with van der Waals surface area (Å²) in [5.41, 5.74) is 2.09. The van der Waals surface area contributed by atoms with Gasteiger partial charge in [0, 0.05) is 62.3 Å². The molecular weight excluding hydrogens is 492 g/mol. The van der Waals surface area contributed by atoms with Gasteiger partial charge in [0.25, 0.3) is 11.5 Å². The quantitative estimate of drug-likeness (QED) is 0.370. The van der Waals surface area contributed by atoms with Gasteiger partial charge < -0.3 is 20.7 Å². The Morgan fingerprint density at radius 2 is 1.92 bits per heavy atom. The Hall–Kier alpha value is -3.69. The third-order valence-corrected chi connectivity index (χ3v) is 7.35. The first kappa shape index (κ1) is 26.9. The van der Waals surface area contributed by atoms with Crippen LogP contribution in [0.1, 0.15) is 48.2 Å². The summed E-state index contributed by atoms with van der Waals surface area (Å²) in [5.74, 6) is 0.894. The maximum Gasteiger partial charge on any atom is 0.297 e. The van der Waals surface area contributed by atoms with E-state index in [-0.39, 0.29) is 23.3 Å². The van der Waals surface area contributed by atoms with E-state index < -0.39 is 5.54 Å². The average Bonchev–Trinajstić information content (AvgIpc) is 3.75. The molecule has 0 unspecified atom stereocenters. The smallest absolute Gasteiger partial charge is 0.297 e. The Labute approximate surface area is 229 Å². The monoisotopic (exact) mass is 530 g/mol. The zero-order chi connectivity index (χ0) is 27.4. The van der Waals surface area contributed by atoms with Crippen LogP contribution >= 0.6 is 0 Å². The van der Waals surface area contributed by atoms with Crippen LogP contribution in [0.25, 0.3) is 5.69 Å². The van der Waals surface area contributed by atoms with Crippen molar-refractivity contribution < 1.29 is 9.53 Å². The van der Waals surface area contributed by atoms with Crippen LogP contribution in [-0.2, 0) is 5.54 Å². The number of carbonyl (C=O) groups is 1. The summed E-state index contributed by atoms with van der Waals surface area (Å²) < 4.78 is 7.77. The topological polar surface area (TPSA) is 101 Å². The molecule has 2 aromatic carbocycles. The van der Waals surface area contributed by atoms with Gasteiger partial charge in [-0.05, 0) is 57.4 Å². The fraction of sp³-hybridized carbons (Fsp3) is 0.433. The van der Waals surface area contributed by atoms with Gasteiger partial charge in [-0.1, -0.05) is 24.3 Å². The number of benzene rings is 2. The maximum absolute atomic E-state index is 13.6. The van der Waals surface area contributed by atoms with Gasteiger partial charge in [-0.2, -0.15) is 0 Å². The van der Waals surface area contributed by atoms with E-state index in [0.29, 0.717) is 17.9 Å². The molecule has 0 atom stereocenters. The van der Waals surface area contributed by atoms with Gasteiger partial charge in [0.15, 0.2) is 5.82 Å². The zero-order valence-corrected chi connectivity index (χ0v) is 23.0. The number of aromatic nitrogens is 2. The lowest BCUT2D eigenvalue weighted by Crippen LogP contribution is -2.44. The van der Waals surface area contributed by atoms with Crippen LogP contribution in [0, 0.1) is 6.92 Å². The van der Waals surface area contributed by atoms with Crippen molar-refractivity contribution in [3.63, 3.8) is 0 Å². The number of hydrogen-bond donors (Lipinski definition) is 3. The third kappa shape index (κ3) is 6.49. The van der Waals surface area contributed by atoms with Crippen LogP contribution in [0.2, 0.25) is 0 Å². The number of aryl methyl sites for hydroxylation is 1. The first-order valence-electron chi connectivity index (χ1n) is 13.7. The predicted octanol–water partition coefficient (Wildman–Crippen LogP) is 3.06. The number of rotatable bonds is 10. The lowest BCUT2D eigenvalue weighted by Gasteiger charge is -2.30. The molecule has 9 nitrogen and oxygen atoms in total. The highest BCUT2D eigenvalue weighted by Gasteiger charge is 2.27. The number of amides is 1. The largest absolute Gasteiger partial charge is 0.492 e. The van der Waals surface area contributed by atoms with Crippen molar-refractivity contribution in [3.05, 3.63) is 81.9 Å². The minimum Gasteiger partial charge on any atom is -0.492 e. The van der Waals surface area contributed by atoms with Gasteiger partial charge in [-0.25, -0.2) is 4.98 Å². The number of nitrogens with one attached hydrogen (secondary N) is 3. The Balaban J connectivity index is 1.35. The van der Waals surface area contributed by atoms with Crippen molar-refractivity contribution in [1.82, 2.24) is 25.1 Å². The maximum atomic E-state index is 13.6. The molecule has 2 heterocycles. The molecule has 1 saturated heterocycles. The highest BCUT2D eigenvalue weighted by atomic mass is 16.5. The Kier molecular flexibility index (Phi) is 7.99. The average molecular weight is 531 g/mol. The van der Waals surface area contributed by atoms with Crippen LogP contribution in [0.4, 0.5) is 5.82 Å². The molecule has 1 amide bonds. The van der Waals surface area contributed by atoms with Crippen molar-refractivity contribution in [2.24, 2.45) is 0 Å². The van der Waals surface area contributed by atoms with Gasteiger partial charge in [-0.3, -0.25) is 19.1 Å². The molecule has 5 rings (SSSR count). The minimum atomic E-state index is -0.641. The van der Waals surface area contributed by atoms with E-state index in [4.69, 9.17) is 4.74 Å². The molecule has 3 N–H and O–H groups in total. The third-order valence-electron chi connectivity index (χ3n) is 7.35. The molecule has 39 heavy (non-hydrogen) atoms. The van der Waals surface area contributed by atoms with Crippen LogP contribution < -0.4 is 26.2 Å². The molecular formula is C30H38N6O3. The number of carbonyl (C=O) groups excluding carboxylic acids is 1. The molecule has 1 aromatic heterocycles. The molecule has 0 radical (unpaired) electrons. The van der Waals surface area contributed by atoms with Gasteiger partial charge in [0.1, 0.15) is 12.4 Å². The molecule has 2 fully saturated rings. The molecule has 206 valence electrons. The number of anilines is 1. The Morgan fingerprint density at radius 3 is 2.69 bits per heavy atom. The van der Waals surface area contributed by atoms with E-state index in [1.165, 1.54) is 0 Å². The SMILES string of the molecule is Cc1ccc(C(=O)NC2CC2)cc1-n1ccnc(NC(C)(C)c2ccccc2OCCN2CCNCC2)c1=O. The van der Waals surface area contributed by atoms with Crippen molar-refractivity contribution in [1.29, 1.82) is 0 Å². The fourth-order valence-electron chi connectivity index (χ4n) is 4.89. The first-order chi connectivity index (χ1) is 18.8. The van der Waals surface area contributed by atoms with Gasteiger partial charge in [-0.15, -0.1) is 0 Å². The minimum absolute atomic E-state index is 0.117. The van der Waals surface area contributed by atoms with Crippen LogP contribution in [-0.4, -0.2) is 65.7 Å². The molecule has 1 aliphatic carbocycles. The van der Waals surface area contributed by atoms with Crippen LogP contribution in [0.5, 0.6) is 5.75 Å². The van der Waals surface area contributed by atoms with E-state index >= 15 is 0 Å².